The minimum absolute atomic E-state index is 0.0802. The van der Waals surface area contributed by atoms with E-state index in [4.69, 9.17) is 29.6 Å². The lowest BCUT2D eigenvalue weighted by atomic mass is 10.4. The van der Waals surface area contributed by atoms with Gasteiger partial charge in [-0.2, -0.15) is 0 Å². The highest BCUT2D eigenvalue weighted by atomic mass is 35.5. The number of halogens is 2. The number of nitrogens with zero attached hydrogens (tertiary/aromatic N) is 2. The second kappa shape index (κ2) is 4.80. The van der Waals surface area contributed by atoms with Crippen molar-refractivity contribution < 1.29 is 4.79 Å². The Morgan fingerprint density at radius 1 is 1.57 bits per heavy atom. The van der Waals surface area contributed by atoms with Crippen LogP contribution in [0.25, 0.3) is 0 Å². The summed E-state index contributed by atoms with van der Waals surface area (Å²) in [5, 5.41) is 2.45. The Labute approximate surface area is 90.6 Å². The smallest absolute Gasteiger partial charge is 0.270 e. The number of rotatable bonds is 2. The van der Waals surface area contributed by atoms with Crippen molar-refractivity contribution in [1.29, 1.82) is 0 Å². The molecule has 0 bridgehead atoms. The average molecular weight is 230 g/mol. The van der Waals surface area contributed by atoms with Crippen LogP contribution < -0.4 is 5.32 Å². The number of nitrogens with one attached hydrogen (secondary N) is 1. The highest BCUT2D eigenvalue weighted by molar-refractivity contribution is 6.32. The average Bonchev–Trinajstić information content (AvgIpc) is 2.12. The van der Waals surface area contributed by atoms with Crippen LogP contribution in [0.4, 0.5) is 0 Å². The van der Waals surface area contributed by atoms with Gasteiger partial charge in [-0.25, -0.2) is 9.97 Å². The van der Waals surface area contributed by atoms with Gasteiger partial charge in [0.2, 0.25) is 5.28 Å². The van der Waals surface area contributed by atoms with E-state index in [1.165, 1.54) is 6.07 Å². The van der Waals surface area contributed by atoms with Crippen LogP contribution >= 0.6 is 23.2 Å². The van der Waals surface area contributed by atoms with Gasteiger partial charge in [-0.15, -0.1) is 6.42 Å². The molecule has 1 N–H and O–H groups in total. The molecular weight excluding hydrogens is 225 g/mol. The van der Waals surface area contributed by atoms with Crippen LogP contribution in [0.5, 0.6) is 0 Å². The number of hydrogen-bond donors (Lipinski definition) is 1. The largest absolute Gasteiger partial charge is 0.340 e. The monoisotopic (exact) mass is 229 g/mol. The molecule has 0 unspecified atom stereocenters. The Kier molecular flexibility index (Phi) is 3.69. The van der Waals surface area contributed by atoms with E-state index in [-0.39, 0.29) is 22.7 Å². The Hall–Kier alpha value is -1.31. The van der Waals surface area contributed by atoms with Gasteiger partial charge in [0, 0.05) is 6.07 Å². The van der Waals surface area contributed by atoms with Gasteiger partial charge in [0.15, 0.2) is 0 Å². The van der Waals surface area contributed by atoms with Crippen LogP contribution in [-0.2, 0) is 0 Å². The zero-order valence-electron chi connectivity index (χ0n) is 6.92. The Morgan fingerprint density at radius 3 is 2.86 bits per heavy atom. The number of amides is 1. The summed E-state index contributed by atoms with van der Waals surface area (Å²) < 4.78 is 0. The zero-order chi connectivity index (χ0) is 10.6. The van der Waals surface area contributed by atoms with Crippen molar-refractivity contribution >= 4 is 29.1 Å². The normalized spacial score (nSPS) is 9.21. The van der Waals surface area contributed by atoms with Gasteiger partial charge in [0.1, 0.15) is 10.8 Å². The lowest BCUT2D eigenvalue weighted by Gasteiger charge is -2.00. The van der Waals surface area contributed by atoms with Crippen molar-refractivity contribution in [2.24, 2.45) is 0 Å². The van der Waals surface area contributed by atoms with E-state index in [1.807, 2.05) is 0 Å². The topological polar surface area (TPSA) is 54.9 Å². The fraction of sp³-hybridized carbons (Fsp3) is 0.125. The lowest BCUT2D eigenvalue weighted by molar-refractivity contribution is 0.0953. The fourth-order valence-corrected chi connectivity index (χ4v) is 1.14. The van der Waals surface area contributed by atoms with E-state index in [0.717, 1.165) is 0 Å². The first-order valence-corrected chi connectivity index (χ1v) is 4.31. The molecule has 0 fully saturated rings. The maximum Gasteiger partial charge on any atom is 0.270 e. The predicted octanol–water partition coefficient (Wildman–Crippen LogP) is 1.15. The number of carbonyl (C=O) groups excluding carboxylic acids is 1. The maximum absolute atomic E-state index is 11.3. The van der Waals surface area contributed by atoms with Crippen LogP contribution in [0.15, 0.2) is 6.07 Å². The first-order valence-electron chi connectivity index (χ1n) is 3.55. The molecular formula is C8H5Cl2N3O. The van der Waals surface area contributed by atoms with E-state index in [9.17, 15) is 4.79 Å². The predicted molar refractivity (Wildman–Crippen MR) is 53.2 cm³/mol. The summed E-state index contributed by atoms with van der Waals surface area (Å²) in [5.41, 5.74) is 0.0882. The van der Waals surface area contributed by atoms with Crippen LogP contribution in [-0.4, -0.2) is 22.4 Å². The molecule has 0 saturated carbocycles. The van der Waals surface area contributed by atoms with Crippen LogP contribution in [0.3, 0.4) is 0 Å². The van der Waals surface area contributed by atoms with E-state index in [1.54, 1.807) is 0 Å². The van der Waals surface area contributed by atoms with Crippen LogP contribution in [0, 0.1) is 12.3 Å². The molecule has 0 aliphatic heterocycles. The molecule has 0 aromatic carbocycles. The standard InChI is InChI=1S/C8H5Cl2N3O/c1-2-3-11-7(14)5-4-6(9)13-8(10)12-5/h1,4H,3H2,(H,11,14). The van der Waals surface area contributed by atoms with Gasteiger partial charge in [-0.05, 0) is 11.6 Å². The van der Waals surface area contributed by atoms with E-state index < -0.39 is 5.91 Å². The van der Waals surface area contributed by atoms with Gasteiger partial charge in [-0.3, -0.25) is 4.79 Å². The highest BCUT2D eigenvalue weighted by Gasteiger charge is 2.08. The summed E-state index contributed by atoms with van der Waals surface area (Å²) in [6.45, 7) is 0.123. The summed E-state index contributed by atoms with van der Waals surface area (Å²) in [5.74, 6) is 1.82. The third kappa shape index (κ3) is 2.87. The number of terminal acetylenes is 1. The molecule has 0 spiro atoms. The summed E-state index contributed by atoms with van der Waals surface area (Å²) in [6.07, 6.45) is 4.97. The van der Waals surface area contributed by atoms with E-state index >= 15 is 0 Å². The molecule has 0 saturated heterocycles. The molecule has 0 aliphatic rings. The van der Waals surface area contributed by atoms with Crippen molar-refractivity contribution in [3.05, 3.63) is 22.2 Å². The molecule has 14 heavy (non-hydrogen) atoms. The Morgan fingerprint density at radius 2 is 2.29 bits per heavy atom. The Bertz CT molecular complexity index is 380. The minimum atomic E-state index is -0.436. The highest BCUT2D eigenvalue weighted by Crippen LogP contribution is 2.10. The summed E-state index contributed by atoms with van der Waals surface area (Å²) in [7, 11) is 0. The summed E-state index contributed by atoms with van der Waals surface area (Å²) >= 11 is 11.1. The van der Waals surface area contributed by atoms with Gasteiger partial charge >= 0.3 is 0 Å². The number of hydrogen-bond acceptors (Lipinski definition) is 3. The number of aromatic nitrogens is 2. The third-order valence-electron chi connectivity index (χ3n) is 1.25. The SMILES string of the molecule is C#CCNC(=O)c1cc(Cl)nc(Cl)n1. The van der Waals surface area contributed by atoms with Gasteiger partial charge in [-0.1, -0.05) is 17.5 Å². The first kappa shape index (κ1) is 10.8. The van der Waals surface area contributed by atoms with Crippen molar-refractivity contribution in [1.82, 2.24) is 15.3 Å². The lowest BCUT2D eigenvalue weighted by Crippen LogP contribution is -2.24. The maximum atomic E-state index is 11.3. The molecule has 72 valence electrons. The third-order valence-corrected chi connectivity index (χ3v) is 1.61. The molecule has 1 aromatic rings. The second-order valence-corrected chi connectivity index (χ2v) is 2.96. The molecule has 0 aliphatic carbocycles. The molecule has 1 heterocycles. The van der Waals surface area contributed by atoms with Crippen molar-refractivity contribution in [2.45, 2.75) is 0 Å². The first-order chi connectivity index (χ1) is 6.63. The Balaban J connectivity index is 2.85. The van der Waals surface area contributed by atoms with Crippen molar-refractivity contribution in [3.8, 4) is 12.3 Å². The molecule has 1 aromatic heterocycles. The van der Waals surface area contributed by atoms with E-state index in [2.05, 4.69) is 21.2 Å². The van der Waals surface area contributed by atoms with Crippen LogP contribution in [0.1, 0.15) is 10.5 Å². The van der Waals surface area contributed by atoms with Gasteiger partial charge < -0.3 is 5.32 Å². The van der Waals surface area contributed by atoms with E-state index in [0.29, 0.717) is 0 Å². The molecule has 0 atom stereocenters. The quantitative estimate of drug-likeness (QED) is 0.471. The molecule has 0 radical (unpaired) electrons. The minimum Gasteiger partial charge on any atom is -0.340 e. The molecule has 1 amide bonds. The molecule has 1 rings (SSSR count). The molecule has 6 heteroatoms. The van der Waals surface area contributed by atoms with Gasteiger partial charge in [0.05, 0.1) is 6.54 Å². The molecule has 4 nitrogen and oxygen atoms in total. The fourth-order valence-electron chi connectivity index (χ4n) is 0.728. The van der Waals surface area contributed by atoms with Crippen LogP contribution in [0.2, 0.25) is 10.4 Å². The number of carbonyl (C=O) groups is 1. The zero-order valence-corrected chi connectivity index (χ0v) is 8.43. The van der Waals surface area contributed by atoms with Gasteiger partial charge in [0.25, 0.3) is 5.91 Å². The van der Waals surface area contributed by atoms with Crippen molar-refractivity contribution in [3.63, 3.8) is 0 Å². The summed E-state index contributed by atoms with van der Waals surface area (Å²) in [6, 6.07) is 1.30. The van der Waals surface area contributed by atoms with Crippen molar-refractivity contribution in [2.75, 3.05) is 6.54 Å². The second-order valence-electron chi connectivity index (χ2n) is 2.23. The summed E-state index contributed by atoms with van der Waals surface area (Å²) in [4.78, 5) is 18.6.